The second-order valence-corrected chi connectivity index (χ2v) is 9.07. The van der Waals surface area contributed by atoms with Gasteiger partial charge in [0.2, 0.25) is 5.91 Å². The molecular formula is C26H30F2N4O4. The van der Waals surface area contributed by atoms with Gasteiger partial charge in [0.05, 0.1) is 24.9 Å². The number of H-pyrrole nitrogens is 1. The first-order valence-corrected chi connectivity index (χ1v) is 11.7. The first-order valence-electron chi connectivity index (χ1n) is 11.7. The summed E-state index contributed by atoms with van der Waals surface area (Å²) in [6, 6.07) is 8.44. The number of hydrogen-bond donors (Lipinski definition) is 3. The van der Waals surface area contributed by atoms with Crippen molar-refractivity contribution in [2.24, 2.45) is 0 Å². The quantitative estimate of drug-likeness (QED) is 0.428. The van der Waals surface area contributed by atoms with Crippen molar-refractivity contribution in [1.82, 2.24) is 14.8 Å². The third-order valence-electron chi connectivity index (χ3n) is 6.63. The van der Waals surface area contributed by atoms with Crippen LogP contribution >= 0.6 is 0 Å². The Kier molecular flexibility index (Phi) is 7.56. The number of carboxylic acid groups (broad SMARTS) is 1. The molecule has 0 radical (unpaired) electrons. The Bertz CT molecular complexity index is 1280. The molecule has 1 aliphatic heterocycles. The van der Waals surface area contributed by atoms with Crippen LogP contribution in [0.5, 0.6) is 5.75 Å². The summed E-state index contributed by atoms with van der Waals surface area (Å²) in [6.07, 6.45) is -0.582. The highest BCUT2D eigenvalue weighted by Crippen LogP contribution is 2.36. The molecular weight excluding hydrogens is 470 g/mol. The zero-order valence-corrected chi connectivity index (χ0v) is 20.5. The van der Waals surface area contributed by atoms with E-state index in [0.717, 1.165) is 33.3 Å². The Hall–Kier alpha value is -3.50. The average molecular weight is 501 g/mol. The molecule has 1 aliphatic rings. The summed E-state index contributed by atoms with van der Waals surface area (Å²) in [6.45, 7) is 4.80. The number of anilines is 1. The monoisotopic (exact) mass is 500 g/mol. The number of rotatable bonds is 8. The van der Waals surface area contributed by atoms with Crippen molar-refractivity contribution in [2.45, 2.75) is 32.9 Å². The van der Waals surface area contributed by atoms with Crippen LogP contribution < -0.4 is 10.1 Å². The maximum absolute atomic E-state index is 13.2. The highest BCUT2D eigenvalue weighted by atomic mass is 19.3. The fourth-order valence-corrected chi connectivity index (χ4v) is 4.98. The number of carbonyl (C=O) groups excluding carboxylic acids is 1. The first-order chi connectivity index (χ1) is 17.2. The van der Waals surface area contributed by atoms with E-state index in [1.807, 2.05) is 25.3 Å². The minimum absolute atomic E-state index is 0.0324. The molecule has 1 fully saturated rings. The zero-order valence-electron chi connectivity index (χ0n) is 20.5. The van der Waals surface area contributed by atoms with Crippen LogP contribution in [0.3, 0.4) is 0 Å². The molecule has 36 heavy (non-hydrogen) atoms. The maximum atomic E-state index is 13.2. The molecule has 10 heteroatoms. The number of aromatic amines is 1. The summed E-state index contributed by atoms with van der Waals surface area (Å²) in [5, 5.41) is 13.2. The molecule has 1 saturated heterocycles. The van der Waals surface area contributed by atoms with Gasteiger partial charge in [0, 0.05) is 61.8 Å². The molecule has 1 aromatic heterocycles. The Balaban J connectivity index is 1.75. The van der Waals surface area contributed by atoms with Gasteiger partial charge in [0.25, 0.3) is 6.43 Å². The molecule has 8 nitrogen and oxygen atoms in total. The Morgan fingerprint density at radius 1 is 1.25 bits per heavy atom. The zero-order chi connectivity index (χ0) is 26.0. The number of aromatic nitrogens is 1. The predicted molar refractivity (Wildman–Crippen MR) is 133 cm³/mol. The molecule has 0 bridgehead atoms. The molecule has 0 spiro atoms. The lowest BCUT2D eigenvalue weighted by atomic mass is 9.97. The summed E-state index contributed by atoms with van der Waals surface area (Å²) < 4.78 is 32.2. The van der Waals surface area contributed by atoms with E-state index >= 15 is 0 Å². The number of alkyl halides is 2. The largest absolute Gasteiger partial charge is 0.496 e. The topological polar surface area (TPSA) is 97.9 Å². The van der Waals surface area contributed by atoms with E-state index in [9.17, 15) is 23.5 Å². The van der Waals surface area contributed by atoms with Gasteiger partial charge in [-0.25, -0.2) is 13.6 Å². The van der Waals surface area contributed by atoms with E-state index in [2.05, 4.69) is 15.2 Å². The van der Waals surface area contributed by atoms with Crippen molar-refractivity contribution in [3.63, 3.8) is 0 Å². The van der Waals surface area contributed by atoms with Gasteiger partial charge < -0.3 is 20.1 Å². The van der Waals surface area contributed by atoms with Crippen LogP contribution in [0.2, 0.25) is 0 Å². The third-order valence-corrected chi connectivity index (χ3v) is 6.63. The molecule has 0 aliphatic carbocycles. The summed E-state index contributed by atoms with van der Waals surface area (Å²) in [4.78, 5) is 30.6. The minimum atomic E-state index is -2.46. The number of aromatic carboxylic acids is 1. The Morgan fingerprint density at radius 2 is 2.03 bits per heavy atom. The van der Waals surface area contributed by atoms with Gasteiger partial charge >= 0.3 is 5.97 Å². The molecule has 3 aromatic rings. The average Bonchev–Trinajstić information content (AvgIpc) is 3.31. The molecule has 1 atom stereocenters. The highest BCUT2D eigenvalue weighted by molar-refractivity contribution is 6.00. The maximum Gasteiger partial charge on any atom is 0.337 e. The summed E-state index contributed by atoms with van der Waals surface area (Å²) in [7, 11) is 1.62. The van der Waals surface area contributed by atoms with Gasteiger partial charge in [0.15, 0.2) is 0 Å². The van der Waals surface area contributed by atoms with Crippen molar-refractivity contribution in [2.75, 3.05) is 38.6 Å². The number of carboxylic acids is 1. The lowest BCUT2D eigenvalue weighted by Gasteiger charge is -2.42. The fourth-order valence-electron chi connectivity index (χ4n) is 4.98. The Morgan fingerprint density at radius 3 is 2.69 bits per heavy atom. The van der Waals surface area contributed by atoms with Gasteiger partial charge in [-0.05, 0) is 42.3 Å². The smallest absolute Gasteiger partial charge is 0.337 e. The molecule has 0 unspecified atom stereocenters. The minimum Gasteiger partial charge on any atom is -0.496 e. The van der Waals surface area contributed by atoms with Crippen molar-refractivity contribution in [3.05, 3.63) is 58.8 Å². The molecule has 3 N–H and O–H groups in total. The molecule has 2 heterocycles. The number of nitrogens with zero attached hydrogens (tertiary/aromatic N) is 2. The molecule has 4 rings (SSSR count). The van der Waals surface area contributed by atoms with E-state index in [-0.39, 0.29) is 23.8 Å². The van der Waals surface area contributed by atoms with Crippen LogP contribution in [0.15, 0.2) is 36.5 Å². The van der Waals surface area contributed by atoms with Crippen molar-refractivity contribution in [3.8, 4) is 5.75 Å². The summed E-state index contributed by atoms with van der Waals surface area (Å²) in [5.74, 6) is -0.813. The number of nitrogens with one attached hydrogen (secondary N) is 2. The van der Waals surface area contributed by atoms with Crippen LogP contribution in [-0.2, 0) is 11.3 Å². The number of hydrogen-bond acceptors (Lipinski definition) is 5. The second kappa shape index (κ2) is 10.6. The van der Waals surface area contributed by atoms with Crippen LogP contribution in [-0.4, -0.2) is 71.5 Å². The second-order valence-electron chi connectivity index (χ2n) is 9.07. The first kappa shape index (κ1) is 25.6. The van der Waals surface area contributed by atoms with E-state index in [0.29, 0.717) is 26.2 Å². The number of fused-ring (bicyclic) bond motifs is 1. The summed E-state index contributed by atoms with van der Waals surface area (Å²) >= 11 is 0. The third kappa shape index (κ3) is 5.34. The predicted octanol–water partition coefficient (Wildman–Crippen LogP) is 4.27. The van der Waals surface area contributed by atoms with Crippen LogP contribution in [0.4, 0.5) is 14.5 Å². The van der Waals surface area contributed by atoms with Crippen LogP contribution in [0.25, 0.3) is 10.9 Å². The van der Waals surface area contributed by atoms with Gasteiger partial charge in [-0.1, -0.05) is 6.07 Å². The number of piperazine rings is 1. The standard InChI is InChI=1S/C26H30F2N4O4/c1-15-10-23(36-3)20(18-6-7-29-25(15)18)12-32-9-8-31(14-24(27)28)13-22(32)17-4-5-19(26(34)35)21(11-17)30-16(2)33/h4-7,10-11,22,24,29H,8-9,12-14H2,1-3H3,(H,30,33)(H,34,35)/t22-/m1/s1. The number of methoxy groups -OCH3 is 1. The van der Waals surface area contributed by atoms with Crippen molar-refractivity contribution < 1.29 is 28.2 Å². The number of aryl methyl sites for hydroxylation is 1. The van der Waals surface area contributed by atoms with E-state index in [1.54, 1.807) is 24.1 Å². The highest BCUT2D eigenvalue weighted by Gasteiger charge is 2.31. The lowest BCUT2D eigenvalue weighted by Crippen LogP contribution is -2.49. The van der Waals surface area contributed by atoms with Gasteiger partial charge in [-0.15, -0.1) is 0 Å². The van der Waals surface area contributed by atoms with E-state index < -0.39 is 18.3 Å². The van der Waals surface area contributed by atoms with Crippen molar-refractivity contribution >= 4 is 28.5 Å². The van der Waals surface area contributed by atoms with Crippen LogP contribution in [0, 0.1) is 6.92 Å². The SMILES string of the molecule is COc1cc(C)c2[nH]ccc2c1CN1CCN(CC(F)F)C[C@@H]1c1ccc(C(=O)O)c(NC(C)=O)c1. The van der Waals surface area contributed by atoms with Gasteiger partial charge in [0.1, 0.15) is 5.75 Å². The molecule has 0 saturated carbocycles. The normalized spacial score (nSPS) is 17.0. The Labute approximate surface area is 207 Å². The lowest BCUT2D eigenvalue weighted by molar-refractivity contribution is -0.114. The number of halogens is 2. The van der Waals surface area contributed by atoms with Gasteiger partial charge in [-0.2, -0.15) is 0 Å². The van der Waals surface area contributed by atoms with Crippen LogP contribution in [0.1, 0.15) is 40.0 Å². The summed E-state index contributed by atoms with van der Waals surface area (Å²) in [5.41, 5.74) is 3.93. The van der Waals surface area contributed by atoms with Crippen molar-refractivity contribution in [1.29, 1.82) is 0 Å². The van der Waals surface area contributed by atoms with E-state index in [4.69, 9.17) is 4.74 Å². The molecule has 2 aromatic carbocycles. The number of ether oxygens (including phenoxy) is 1. The number of benzene rings is 2. The number of carbonyl (C=O) groups is 2. The molecule has 1 amide bonds. The molecule has 192 valence electrons. The fraction of sp³-hybridized carbons (Fsp3) is 0.385. The van der Waals surface area contributed by atoms with Gasteiger partial charge in [-0.3, -0.25) is 14.6 Å². The number of amides is 1. The van der Waals surface area contributed by atoms with E-state index in [1.165, 1.54) is 13.0 Å².